The van der Waals surface area contributed by atoms with E-state index in [9.17, 15) is 4.39 Å². The van der Waals surface area contributed by atoms with E-state index < -0.39 is 5.95 Å². The lowest BCUT2D eigenvalue weighted by Gasteiger charge is -2.25. The molecule has 0 bridgehead atoms. The van der Waals surface area contributed by atoms with Crippen LogP contribution in [0.25, 0.3) is 0 Å². The van der Waals surface area contributed by atoms with Crippen molar-refractivity contribution >= 4 is 11.8 Å². The van der Waals surface area contributed by atoms with Gasteiger partial charge in [-0.2, -0.15) is 14.4 Å². The quantitative estimate of drug-likeness (QED) is 0.782. The van der Waals surface area contributed by atoms with E-state index in [0.29, 0.717) is 5.95 Å². The summed E-state index contributed by atoms with van der Waals surface area (Å²) in [6, 6.07) is 1.49. The molecule has 4 nitrogen and oxygen atoms in total. The Kier molecular flexibility index (Phi) is 4.88. The van der Waals surface area contributed by atoms with Gasteiger partial charge in [-0.05, 0) is 25.7 Å². The van der Waals surface area contributed by atoms with Gasteiger partial charge in [0, 0.05) is 32.2 Å². The van der Waals surface area contributed by atoms with Crippen molar-refractivity contribution < 1.29 is 4.39 Å². The van der Waals surface area contributed by atoms with Gasteiger partial charge >= 0.3 is 0 Å². The van der Waals surface area contributed by atoms with Crippen LogP contribution in [0.5, 0.6) is 0 Å². The monoisotopic (exact) mass is 292 g/mol. The summed E-state index contributed by atoms with van der Waals surface area (Å²) in [7, 11) is 0. The van der Waals surface area contributed by atoms with Crippen LogP contribution in [0, 0.1) is 5.95 Å². The third-order valence-electron chi connectivity index (χ3n) is 4.49. The fraction of sp³-hybridized carbons (Fsp3) is 0.750. The van der Waals surface area contributed by atoms with E-state index in [-0.39, 0.29) is 0 Å². The van der Waals surface area contributed by atoms with Gasteiger partial charge in [0.15, 0.2) is 0 Å². The van der Waals surface area contributed by atoms with E-state index in [2.05, 4.69) is 19.8 Å². The molecule has 0 radical (unpaired) electrons. The zero-order valence-corrected chi connectivity index (χ0v) is 12.7. The molecular formula is C16H25FN4. The van der Waals surface area contributed by atoms with Gasteiger partial charge in [-0.1, -0.05) is 25.7 Å². The van der Waals surface area contributed by atoms with Crippen molar-refractivity contribution in [3.05, 3.63) is 12.0 Å². The summed E-state index contributed by atoms with van der Waals surface area (Å²) in [6.45, 7) is 3.86. The second-order valence-electron chi connectivity index (χ2n) is 6.15. The average Bonchev–Trinajstić information content (AvgIpc) is 2.92. The number of halogens is 1. The van der Waals surface area contributed by atoms with Gasteiger partial charge in [0.2, 0.25) is 11.9 Å². The highest BCUT2D eigenvalue weighted by molar-refractivity contribution is 5.44. The molecule has 0 spiro atoms. The molecule has 0 unspecified atom stereocenters. The molecule has 3 rings (SSSR count). The molecule has 2 aliphatic rings. The highest BCUT2D eigenvalue weighted by Gasteiger charge is 2.18. The fourth-order valence-electron chi connectivity index (χ4n) is 3.27. The van der Waals surface area contributed by atoms with Gasteiger partial charge < -0.3 is 9.80 Å². The van der Waals surface area contributed by atoms with Crippen molar-refractivity contribution in [2.75, 3.05) is 36.0 Å². The molecular weight excluding hydrogens is 267 g/mol. The molecule has 1 aromatic rings. The Hall–Kier alpha value is -1.39. The van der Waals surface area contributed by atoms with Gasteiger partial charge in [0.05, 0.1) is 0 Å². The molecule has 2 aliphatic heterocycles. The Morgan fingerprint density at radius 3 is 1.81 bits per heavy atom. The van der Waals surface area contributed by atoms with Crippen LogP contribution in [-0.2, 0) is 0 Å². The highest BCUT2D eigenvalue weighted by Crippen LogP contribution is 2.22. The first-order chi connectivity index (χ1) is 10.3. The number of anilines is 2. The van der Waals surface area contributed by atoms with Gasteiger partial charge in [-0.25, -0.2) is 0 Å². The maximum atomic E-state index is 13.9. The minimum absolute atomic E-state index is 0.400. The predicted molar refractivity (Wildman–Crippen MR) is 83.4 cm³/mol. The Balaban J connectivity index is 1.80. The molecule has 0 aromatic carbocycles. The van der Waals surface area contributed by atoms with Gasteiger partial charge in [-0.3, -0.25) is 0 Å². The van der Waals surface area contributed by atoms with Crippen LogP contribution < -0.4 is 9.80 Å². The second kappa shape index (κ2) is 7.05. The molecule has 1 aromatic heterocycles. The van der Waals surface area contributed by atoms with Crippen molar-refractivity contribution in [1.82, 2.24) is 9.97 Å². The molecule has 21 heavy (non-hydrogen) atoms. The minimum atomic E-state index is -0.400. The number of aromatic nitrogens is 2. The molecule has 0 N–H and O–H groups in total. The molecule has 0 atom stereocenters. The predicted octanol–water partition coefficient (Wildman–Crippen LogP) is 3.38. The summed E-state index contributed by atoms with van der Waals surface area (Å²) < 4.78 is 13.9. The Labute approximate surface area is 126 Å². The van der Waals surface area contributed by atoms with Crippen molar-refractivity contribution in [2.45, 2.75) is 51.4 Å². The van der Waals surface area contributed by atoms with Crippen LogP contribution >= 0.6 is 0 Å². The molecule has 116 valence electrons. The first-order valence-electron chi connectivity index (χ1n) is 8.37. The van der Waals surface area contributed by atoms with Crippen LogP contribution in [0.2, 0.25) is 0 Å². The van der Waals surface area contributed by atoms with E-state index in [1.165, 1.54) is 44.6 Å². The molecule has 5 heteroatoms. The van der Waals surface area contributed by atoms with Gasteiger partial charge in [-0.15, -0.1) is 0 Å². The van der Waals surface area contributed by atoms with Crippen LogP contribution in [-0.4, -0.2) is 36.1 Å². The van der Waals surface area contributed by atoms with E-state index >= 15 is 0 Å². The van der Waals surface area contributed by atoms with E-state index in [0.717, 1.165) is 44.8 Å². The number of nitrogens with zero attached hydrogens (tertiary/aromatic N) is 4. The minimum Gasteiger partial charge on any atom is -0.356 e. The van der Waals surface area contributed by atoms with Crippen LogP contribution in [0.1, 0.15) is 51.4 Å². The van der Waals surface area contributed by atoms with Crippen LogP contribution in [0.4, 0.5) is 16.2 Å². The normalized spacial score (nSPS) is 21.0. The van der Waals surface area contributed by atoms with Gasteiger partial charge in [0.25, 0.3) is 0 Å². The topological polar surface area (TPSA) is 32.3 Å². The summed E-state index contributed by atoms with van der Waals surface area (Å²) in [4.78, 5) is 13.1. The Morgan fingerprint density at radius 1 is 0.714 bits per heavy atom. The third kappa shape index (κ3) is 3.83. The lowest BCUT2D eigenvalue weighted by molar-refractivity contribution is 0.573. The SMILES string of the molecule is Fc1cc(N2CCCCCC2)nc(N2CCCCCC2)n1. The summed E-state index contributed by atoms with van der Waals surface area (Å²) in [5, 5.41) is 0. The standard InChI is InChI=1S/C16H25FN4/c17-14-13-15(20-9-5-1-2-6-10-20)19-16(18-14)21-11-7-3-4-8-12-21/h13H,1-12H2. The number of hydrogen-bond acceptors (Lipinski definition) is 4. The molecule has 0 aliphatic carbocycles. The van der Waals surface area contributed by atoms with E-state index in [1.807, 2.05) is 0 Å². The summed E-state index contributed by atoms with van der Waals surface area (Å²) in [5.41, 5.74) is 0. The van der Waals surface area contributed by atoms with Gasteiger partial charge in [0.1, 0.15) is 5.82 Å². The molecule has 2 saturated heterocycles. The van der Waals surface area contributed by atoms with E-state index in [4.69, 9.17) is 0 Å². The maximum Gasteiger partial charge on any atom is 0.229 e. The van der Waals surface area contributed by atoms with E-state index in [1.54, 1.807) is 0 Å². The lowest BCUT2D eigenvalue weighted by Crippen LogP contribution is -2.29. The Morgan fingerprint density at radius 2 is 1.24 bits per heavy atom. The Bertz CT molecular complexity index is 411. The molecule has 0 amide bonds. The molecule has 3 heterocycles. The summed E-state index contributed by atoms with van der Waals surface area (Å²) in [6.07, 6.45) is 9.69. The van der Waals surface area contributed by atoms with Crippen molar-refractivity contribution in [1.29, 1.82) is 0 Å². The molecule has 0 saturated carbocycles. The van der Waals surface area contributed by atoms with Crippen LogP contribution in [0.3, 0.4) is 0 Å². The number of hydrogen-bond donors (Lipinski definition) is 0. The number of rotatable bonds is 2. The lowest BCUT2D eigenvalue weighted by atomic mass is 10.2. The first-order valence-corrected chi connectivity index (χ1v) is 8.37. The zero-order valence-electron chi connectivity index (χ0n) is 12.7. The zero-order chi connectivity index (χ0) is 14.5. The summed E-state index contributed by atoms with van der Waals surface area (Å²) >= 11 is 0. The van der Waals surface area contributed by atoms with Crippen molar-refractivity contribution in [3.8, 4) is 0 Å². The van der Waals surface area contributed by atoms with Crippen molar-refractivity contribution in [2.24, 2.45) is 0 Å². The third-order valence-corrected chi connectivity index (χ3v) is 4.49. The smallest absolute Gasteiger partial charge is 0.229 e. The maximum absolute atomic E-state index is 13.9. The van der Waals surface area contributed by atoms with Crippen LogP contribution in [0.15, 0.2) is 6.07 Å². The average molecular weight is 292 g/mol. The first kappa shape index (κ1) is 14.5. The van der Waals surface area contributed by atoms with Crippen molar-refractivity contribution in [3.63, 3.8) is 0 Å². The fourth-order valence-corrected chi connectivity index (χ4v) is 3.27. The largest absolute Gasteiger partial charge is 0.356 e. The molecule has 2 fully saturated rings. The highest BCUT2D eigenvalue weighted by atomic mass is 19.1. The summed E-state index contributed by atoms with van der Waals surface area (Å²) in [5.74, 6) is 0.947. The second-order valence-corrected chi connectivity index (χ2v) is 6.15.